The van der Waals surface area contributed by atoms with Crippen molar-refractivity contribution in [3.63, 3.8) is 0 Å². The first kappa shape index (κ1) is 17.2. The molecule has 0 bridgehead atoms. The van der Waals surface area contributed by atoms with Crippen molar-refractivity contribution < 1.29 is 14.0 Å². The minimum atomic E-state index is -0.518. The lowest BCUT2D eigenvalue weighted by Crippen LogP contribution is -2.28. The van der Waals surface area contributed by atoms with Gasteiger partial charge in [-0.2, -0.15) is 5.10 Å². The highest BCUT2D eigenvalue weighted by Crippen LogP contribution is 2.32. The average Bonchev–Trinajstić information content (AvgIpc) is 3.23. The molecule has 1 aliphatic rings. The second kappa shape index (κ2) is 6.50. The van der Waals surface area contributed by atoms with E-state index in [-0.39, 0.29) is 36.0 Å². The second-order valence-electron chi connectivity index (χ2n) is 6.85. The van der Waals surface area contributed by atoms with Gasteiger partial charge in [-0.15, -0.1) is 0 Å². The molecule has 27 heavy (non-hydrogen) atoms. The fourth-order valence-electron chi connectivity index (χ4n) is 3.42. The van der Waals surface area contributed by atoms with Gasteiger partial charge in [0.15, 0.2) is 5.82 Å². The Labute approximate surface area is 155 Å². The number of aryl methyl sites for hydroxylation is 1. The van der Waals surface area contributed by atoms with E-state index >= 15 is 0 Å². The number of anilines is 2. The Bertz CT molecular complexity index is 1060. The van der Waals surface area contributed by atoms with Crippen molar-refractivity contribution in [1.82, 2.24) is 10.2 Å². The number of nitrogens with one attached hydrogen (secondary N) is 2. The van der Waals surface area contributed by atoms with Gasteiger partial charge in [-0.3, -0.25) is 19.6 Å². The normalized spacial score (nSPS) is 16.9. The van der Waals surface area contributed by atoms with E-state index in [0.717, 1.165) is 16.8 Å². The first-order chi connectivity index (χ1) is 13.0. The smallest absolute Gasteiger partial charge is 0.229 e. The number of carbonyl (C=O) groups is 2. The van der Waals surface area contributed by atoms with Crippen LogP contribution >= 0.6 is 0 Å². The van der Waals surface area contributed by atoms with Crippen LogP contribution in [0.2, 0.25) is 0 Å². The molecule has 6 nitrogen and oxygen atoms in total. The molecule has 1 aromatic heterocycles. The van der Waals surface area contributed by atoms with Gasteiger partial charge in [0.25, 0.3) is 0 Å². The molecule has 4 rings (SSSR count). The van der Waals surface area contributed by atoms with E-state index in [1.807, 2.05) is 32.0 Å². The summed E-state index contributed by atoms with van der Waals surface area (Å²) in [5, 5.41) is 10.0. The number of nitrogens with zero attached hydrogens (tertiary/aromatic N) is 2. The standard InChI is InChI=1S/C20H19FN4O2/c1-11-5-3-7-15(12(11)2)22-20(27)13-9-17(26)25(10-13)19-18-14(21)6-4-8-16(18)23-24-19/h3-8,13H,9-10H2,1-2H3,(H,22,27)(H,23,24)/t13-/m0/s1. The zero-order chi connectivity index (χ0) is 19.1. The Hall–Kier alpha value is -3.22. The molecule has 2 heterocycles. The highest BCUT2D eigenvalue weighted by atomic mass is 19.1. The largest absolute Gasteiger partial charge is 0.326 e. The molecule has 0 radical (unpaired) electrons. The second-order valence-corrected chi connectivity index (χ2v) is 6.85. The van der Waals surface area contributed by atoms with Gasteiger partial charge >= 0.3 is 0 Å². The minimum absolute atomic E-state index is 0.0690. The van der Waals surface area contributed by atoms with E-state index in [1.165, 1.54) is 11.0 Å². The molecule has 2 amide bonds. The van der Waals surface area contributed by atoms with Gasteiger partial charge in [0.2, 0.25) is 11.8 Å². The molecule has 0 spiro atoms. The predicted octanol–water partition coefficient (Wildman–Crippen LogP) is 3.31. The molecule has 2 aromatic carbocycles. The zero-order valence-corrected chi connectivity index (χ0v) is 15.0. The number of hydrogen-bond acceptors (Lipinski definition) is 3. The maximum Gasteiger partial charge on any atom is 0.229 e. The van der Waals surface area contributed by atoms with Crippen molar-refractivity contribution in [2.45, 2.75) is 20.3 Å². The number of amides is 2. The summed E-state index contributed by atoms with van der Waals surface area (Å²) in [5.41, 5.74) is 3.33. The number of H-pyrrole nitrogens is 1. The topological polar surface area (TPSA) is 78.1 Å². The fraction of sp³-hybridized carbons (Fsp3) is 0.250. The molecular weight excluding hydrogens is 347 g/mol. The Morgan fingerprint density at radius 2 is 2.04 bits per heavy atom. The van der Waals surface area contributed by atoms with Crippen LogP contribution in [0.4, 0.5) is 15.9 Å². The summed E-state index contributed by atoms with van der Waals surface area (Å²) in [6.45, 7) is 4.09. The van der Waals surface area contributed by atoms with Crippen molar-refractivity contribution in [2.75, 3.05) is 16.8 Å². The summed E-state index contributed by atoms with van der Waals surface area (Å²) in [4.78, 5) is 26.5. The molecule has 0 aliphatic carbocycles. The third kappa shape index (κ3) is 2.95. The number of rotatable bonds is 3. The lowest BCUT2D eigenvalue weighted by Gasteiger charge is -2.15. The molecule has 0 saturated carbocycles. The van der Waals surface area contributed by atoms with E-state index in [0.29, 0.717) is 5.52 Å². The van der Waals surface area contributed by atoms with Crippen LogP contribution in [0.1, 0.15) is 17.5 Å². The van der Waals surface area contributed by atoms with Crippen LogP contribution < -0.4 is 10.2 Å². The van der Waals surface area contributed by atoms with Crippen LogP contribution in [0.3, 0.4) is 0 Å². The van der Waals surface area contributed by atoms with Crippen LogP contribution in [-0.2, 0) is 9.59 Å². The van der Waals surface area contributed by atoms with Gasteiger partial charge < -0.3 is 5.32 Å². The first-order valence-electron chi connectivity index (χ1n) is 8.75. The lowest BCUT2D eigenvalue weighted by atomic mass is 10.1. The van der Waals surface area contributed by atoms with Crippen molar-refractivity contribution in [3.8, 4) is 0 Å². The van der Waals surface area contributed by atoms with Crippen molar-refractivity contribution in [3.05, 3.63) is 53.3 Å². The Kier molecular flexibility index (Phi) is 4.14. The number of aromatic amines is 1. The average molecular weight is 366 g/mol. The quantitative estimate of drug-likeness (QED) is 0.746. The SMILES string of the molecule is Cc1cccc(NC(=O)[C@H]2CC(=O)N(c3n[nH]c4cccc(F)c34)C2)c1C. The molecular formula is C20H19FN4O2. The third-order valence-electron chi connectivity index (χ3n) is 5.13. The third-order valence-corrected chi connectivity index (χ3v) is 5.13. The number of carbonyl (C=O) groups excluding carboxylic acids is 2. The first-order valence-corrected chi connectivity index (χ1v) is 8.75. The molecule has 1 atom stereocenters. The Morgan fingerprint density at radius 3 is 2.85 bits per heavy atom. The predicted molar refractivity (Wildman–Crippen MR) is 101 cm³/mol. The number of aromatic nitrogens is 2. The van der Waals surface area contributed by atoms with E-state index in [4.69, 9.17) is 0 Å². The summed E-state index contributed by atoms with van der Waals surface area (Å²) < 4.78 is 14.2. The molecule has 3 aromatic rings. The number of benzene rings is 2. The van der Waals surface area contributed by atoms with E-state index in [1.54, 1.807) is 12.1 Å². The molecule has 7 heteroatoms. The van der Waals surface area contributed by atoms with E-state index in [2.05, 4.69) is 15.5 Å². The van der Waals surface area contributed by atoms with Crippen molar-refractivity contribution in [1.29, 1.82) is 0 Å². The van der Waals surface area contributed by atoms with Gasteiger partial charge in [-0.05, 0) is 43.2 Å². The Morgan fingerprint density at radius 1 is 1.26 bits per heavy atom. The van der Waals surface area contributed by atoms with Gasteiger partial charge in [-0.25, -0.2) is 4.39 Å². The monoisotopic (exact) mass is 366 g/mol. The zero-order valence-electron chi connectivity index (χ0n) is 15.0. The van der Waals surface area contributed by atoms with Gasteiger partial charge in [0, 0.05) is 18.7 Å². The molecule has 2 N–H and O–H groups in total. The highest BCUT2D eigenvalue weighted by Gasteiger charge is 2.37. The summed E-state index contributed by atoms with van der Waals surface area (Å²) in [5.74, 6) is -1.20. The van der Waals surface area contributed by atoms with Crippen molar-refractivity contribution >= 4 is 34.2 Å². The summed E-state index contributed by atoms with van der Waals surface area (Å²) in [6, 6.07) is 10.3. The number of fused-ring (bicyclic) bond motifs is 1. The summed E-state index contributed by atoms with van der Waals surface area (Å²) in [6.07, 6.45) is 0.0690. The van der Waals surface area contributed by atoms with Crippen LogP contribution in [0, 0.1) is 25.6 Å². The molecule has 138 valence electrons. The fourth-order valence-corrected chi connectivity index (χ4v) is 3.42. The molecule has 1 aliphatic heterocycles. The number of halogens is 1. The minimum Gasteiger partial charge on any atom is -0.326 e. The van der Waals surface area contributed by atoms with Crippen LogP contribution in [-0.4, -0.2) is 28.6 Å². The van der Waals surface area contributed by atoms with Gasteiger partial charge in [0.1, 0.15) is 5.82 Å². The molecule has 1 fully saturated rings. The van der Waals surface area contributed by atoms with Gasteiger partial charge in [-0.1, -0.05) is 18.2 Å². The van der Waals surface area contributed by atoms with Crippen LogP contribution in [0.15, 0.2) is 36.4 Å². The van der Waals surface area contributed by atoms with Crippen molar-refractivity contribution in [2.24, 2.45) is 5.92 Å². The molecule has 1 saturated heterocycles. The van der Waals surface area contributed by atoms with Crippen LogP contribution in [0.25, 0.3) is 10.9 Å². The number of hydrogen-bond donors (Lipinski definition) is 2. The highest BCUT2D eigenvalue weighted by molar-refractivity contribution is 6.07. The van der Waals surface area contributed by atoms with E-state index < -0.39 is 11.7 Å². The maximum absolute atomic E-state index is 14.2. The molecule has 0 unspecified atom stereocenters. The Balaban J connectivity index is 1.57. The van der Waals surface area contributed by atoms with Gasteiger partial charge in [0.05, 0.1) is 16.8 Å². The maximum atomic E-state index is 14.2. The lowest BCUT2D eigenvalue weighted by molar-refractivity contribution is -0.122. The summed E-state index contributed by atoms with van der Waals surface area (Å²) in [7, 11) is 0. The van der Waals surface area contributed by atoms with E-state index in [9.17, 15) is 14.0 Å². The summed E-state index contributed by atoms with van der Waals surface area (Å²) >= 11 is 0. The van der Waals surface area contributed by atoms with Crippen LogP contribution in [0.5, 0.6) is 0 Å².